The maximum Gasteiger partial charge on any atom is 0.227 e. The number of para-hydroxylation sites is 1. The van der Waals surface area contributed by atoms with Crippen LogP contribution in [0.5, 0.6) is 5.75 Å². The molecule has 0 bridgehead atoms. The molecule has 1 N–H and O–H groups in total. The quantitative estimate of drug-likeness (QED) is 0.571. The van der Waals surface area contributed by atoms with Crippen LogP contribution in [0.3, 0.4) is 0 Å². The number of rotatable bonds is 7. The average molecular weight is 402 g/mol. The first kappa shape index (κ1) is 21.2. The van der Waals surface area contributed by atoms with E-state index in [9.17, 15) is 9.59 Å². The normalized spacial score (nSPS) is 15.3. The second-order valence-corrected chi connectivity index (χ2v) is 7.20. The lowest BCUT2D eigenvalue weighted by Gasteiger charge is -2.16. The zero-order valence-corrected chi connectivity index (χ0v) is 17.2. The molecule has 0 radical (unpaired) electrons. The standard InChI is InChI=1S/C25H26N2O3/c1-3-8-20-9-4-5-10-23(20)30-16-7-6-15-26-25(29)21-17-24(28)27(18-21)22-13-11-19(2)12-14-22/h3-5,9-14,21H,1,8,15-18H2,2H3,(H,26,29). The van der Waals surface area contributed by atoms with Gasteiger partial charge in [-0.1, -0.05) is 53.8 Å². The molecule has 5 heteroatoms. The van der Waals surface area contributed by atoms with E-state index in [0.29, 0.717) is 6.54 Å². The smallest absolute Gasteiger partial charge is 0.227 e. The summed E-state index contributed by atoms with van der Waals surface area (Å²) in [4.78, 5) is 26.4. The lowest BCUT2D eigenvalue weighted by molar-refractivity contribution is -0.126. The van der Waals surface area contributed by atoms with E-state index in [1.54, 1.807) is 4.90 Å². The van der Waals surface area contributed by atoms with Gasteiger partial charge in [0.1, 0.15) is 12.4 Å². The largest absolute Gasteiger partial charge is 0.481 e. The zero-order chi connectivity index (χ0) is 21.3. The number of carbonyl (C=O) groups excluding carboxylic acids is 2. The molecule has 2 aromatic rings. The number of hydrogen-bond donors (Lipinski definition) is 1. The summed E-state index contributed by atoms with van der Waals surface area (Å²) in [6, 6.07) is 15.5. The predicted molar refractivity (Wildman–Crippen MR) is 118 cm³/mol. The highest BCUT2D eigenvalue weighted by atomic mass is 16.5. The Morgan fingerprint density at radius 1 is 1.23 bits per heavy atom. The van der Waals surface area contributed by atoms with Crippen molar-refractivity contribution in [1.29, 1.82) is 0 Å². The lowest BCUT2D eigenvalue weighted by atomic mass is 10.1. The molecule has 3 rings (SSSR count). The Bertz CT molecular complexity index is 970. The lowest BCUT2D eigenvalue weighted by Crippen LogP contribution is -2.33. The number of aryl methyl sites for hydroxylation is 1. The molecule has 0 saturated carbocycles. The molecule has 0 aromatic heterocycles. The number of allylic oxidation sites excluding steroid dienone is 1. The van der Waals surface area contributed by atoms with Gasteiger partial charge in [-0.25, -0.2) is 0 Å². The molecule has 30 heavy (non-hydrogen) atoms. The number of ether oxygens (including phenoxy) is 1. The van der Waals surface area contributed by atoms with Crippen molar-refractivity contribution < 1.29 is 14.3 Å². The number of amides is 2. The average Bonchev–Trinajstić information content (AvgIpc) is 3.14. The molecule has 0 aliphatic carbocycles. The Morgan fingerprint density at radius 3 is 2.77 bits per heavy atom. The Labute approximate surface area is 177 Å². The molecule has 1 heterocycles. The molecule has 154 valence electrons. The van der Waals surface area contributed by atoms with Crippen LogP contribution >= 0.6 is 0 Å². The van der Waals surface area contributed by atoms with Crippen LogP contribution in [-0.2, 0) is 16.0 Å². The van der Waals surface area contributed by atoms with E-state index in [1.807, 2.05) is 61.5 Å². The van der Waals surface area contributed by atoms with Crippen LogP contribution in [0.25, 0.3) is 0 Å². The van der Waals surface area contributed by atoms with Crippen molar-refractivity contribution in [3.8, 4) is 17.6 Å². The van der Waals surface area contributed by atoms with Crippen molar-refractivity contribution in [1.82, 2.24) is 5.32 Å². The van der Waals surface area contributed by atoms with Gasteiger partial charge in [0.05, 0.1) is 12.5 Å². The molecule has 2 aromatic carbocycles. The predicted octanol–water partition coefficient (Wildman–Crippen LogP) is 3.28. The van der Waals surface area contributed by atoms with Crippen molar-refractivity contribution in [2.45, 2.75) is 19.8 Å². The van der Waals surface area contributed by atoms with E-state index in [0.717, 1.165) is 29.0 Å². The molecule has 2 amide bonds. The highest BCUT2D eigenvalue weighted by molar-refractivity contribution is 6.00. The Balaban J connectivity index is 1.44. The number of carbonyl (C=O) groups is 2. The second kappa shape index (κ2) is 10.3. The van der Waals surface area contributed by atoms with Crippen LogP contribution in [0.2, 0.25) is 0 Å². The Kier molecular flexibility index (Phi) is 7.29. The fourth-order valence-electron chi connectivity index (χ4n) is 3.33. The van der Waals surface area contributed by atoms with Gasteiger partial charge in [0.2, 0.25) is 11.8 Å². The van der Waals surface area contributed by atoms with Gasteiger partial charge in [0.25, 0.3) is 0 Å². The van der Waals surface area contributed by atoms with Crippen LogP contribution < -0.4 is 15.0 Å². The SMILES string of the molecule is C=CCc1ccccc1OCC#CCNC(=O)C1CC(=O)N(c2ccc(C)cc2)C1. The van der Waals surface area contributed by atoms with Crippen LogP contribution in [0.1, 0.15) is 17.5 Å². The second-order valence-electron chi connectivity index (χ2n) is 7.20. The summed E-state index contributed by atoms with van der Waals surface area (Å²) in [5.74, 6) is 6.05. The van der Waals surface area contributed by atoms with Gasteiger partial charge in [0, 0.05) is 18.7 Å². The first-order chi connectivity index (χ1) is 14.6. The minimum absolute atomic E-state index is 0.0309. The van der Waals surface area contributed by atoms with Gasteiger partial charge in [0.15, 0.2) is 0 Å². The van der Waals surface area contributed by atoms with E-state index in [2.05, 4.69) is 23.7 Å². The monoisotopic (exact) mass is 402 g/mol. The number of nitrogens with zero attached hydrogens (tertiary/aromatic N) is 1. The molecule has 1 fully saturated rings. The number of benzene rings is 2. The highest BCUT2D eigenvalue weighted by Crippen LogP contribution is 2.25. The van der Waals surface area contributed by atoms with E-state index < -0.39 is 0 Å². The Hall–Kier alpha value is -3.52. The highest BCUT2D eigenvalue weighted by Gasteiger charge is 2.34. The fraction of sp³-hybridized carbons (Fsp3) is 0.280. The minimum Gasteiger partial charge on any atom is -0.481 e. The molecule has 1 atom stereocenters. The van der Waals surface area contributed by atoms with Crippen LogP contribution in [0.4, 0.5) is 5.69 Å². The summed E-state index contributed by atoms with van der Waals surface area (Å²) in [7, 11) is 0. The van der Waals surface area contributed by atoms with Gasteiger partial charge >= 0.3 is 0 Å². The zero-order valence-electron chi connectivity index (χ0n) is 17.2. The molecule has 5 nitrogen and oxygen atoms in total. The van der Waals surface area contributed by atoms with Crippen molar-refractivity contribution >= 4 is 17.5 Å². The van der Waals surface area contributed by atoms with Crippen molar-refractivity contribution in [3.63, 3.8) is 0 Å². The maximum atomic E-state index is 12.4. The van der Waals surface area contributed by atoms with Crippen molar-refractivity contribution in [3.05, 3.63) is 72.3 Å². The van der Waals surface area contributed by atoms with Crippen molar-refractivity contribution in [2.75, 3.05) is 24.6 Å². The third kappa shape index (κ3) is 5.51. The molecular weight excluding hydrogens is 376 g/mol. The molecule has 1 aliphatic heterocycles. The first-order valence-corrected chi connectivity index (χ1v) is 10.0. The molecule has 1 saturated heterocycles. The third-order valence-corrected chi connectivity index (χ3v) is 4.95. The van der Waals surface area contributed by atoms with E-state index in [4.69, 9.17) is 4.74 Å². The number of anilines is 1. The minimum atomic E-state index is -0.359. The summed E-state index contributed by atoms with van der Waals surface area (Å²) in [5.41, 5.74) is 3.02. The molecule has 0 spiro atoms. The first-order valence-electron chi connectivity index (χ1n) is 10.0. The maximum absolute atomic E-state index is 12.4. The van der Waals surface area contributed by atoms with E-state index in [-0.39, 0.29) is 37.3 Å². The van der Waals surface area contributed by atoms with E-state index >= 15 is 0 Å². The molecular formula is C25H26N2O3. The Morgan fingerprint density at radius 2 is 2.00 bits per heavy atom. The van der Waals surface area contributed by atoms with Gasteiger partial charge in [-0.15, -0.1) is 6.58 Å². The number of nitrogens with one attached hydrogen (secondary N) is 1. The third-order valence-electron chi connectivity index (χ3n) is 4.95. The molecule has 1 aliphatic rings. The summed E-state index contributed by atoms with van der Waals surface area (Å²) in [6.45, 7) is 6.61. The van der Waals surface area contributed by atoms with Gasteiger partial charge < -0.3 is 15.0 Å². The van der Waals surface area contributed by atoms with Crippen LogP contribution in [0.15, 0.2) is 61.2 Å². The summed E-state index contributed by atoms with van der Waals surface area (Å²) in [5, 5.41) is 2.80. The van der Waals surface area contributed by atoms with E-state index in [1.165, 1.54) is 0 Å². The summed E-state index contributed by atoms with van der Waals surface area (Å²) >= 11 is 0. The number of hydrogen-bond acceptors (Lipinski definition) is 3. The van der Waals surface area contributed by atoms with Crippen molar-refractivity contribution in [2.24, 2.45) is 5.92 Å². The van der Waals surface area contributed by atoms with Crippen LogP contribution in [0, 0.1) is 24.7 Å². The van der Waals surface area contributed by atoms with Crippen LogP contribution in [-0.4, -0.2) is 31.5 Å². The summed E-state index contributed by atoms with van der Waals surface area (Å²) < 4.78 is 5.70. The fourth-order valence-corrected chi connectivity index (χ4v) is 3.33. The van der Waals surface area contributed by atoms with Gasteiger partial charge in [-0.2, -0.15) is 0 Å². The van der Waals surface area contributed by atoms with Gasteiger partial charge in [-0.05, 0) is 37.1 Å². The van der Waals surface area contributed by atoms with Gasteiger partial charge in [-0.3, -0.25) is 9.59 Å². The molecule has 1 unspecified atom stereocenters. The topological polar surface area (TPSA) is 58.6 Å². The summed E-state index contributed by atoms with van der Waals surface area (Å²) in [6.07, 6.45) is 2.78.